The lowest BCUT2D eigenvalue weighted by Crippen LogP contribution is -2.51. The molecule has 0 aliphatic heterocycles. The van der Waals surface area contributed by atoms with Crippen molar-refractivity contribution in [3.8, 4) is 10.6 Å². The number of aryl methyl sites for hydroxylation is 1. The van der Waals surface area contributed by atoms with E-state index >= 15 is 0 Å². The number of aliphatic hydroxyl groups excluding tert-OH is 1. The summed E-state index contributed by atoms with van der Waals surface area (Å²) in [6.07, 6.45) is 5.10. The minimum Gasteiger partial charge on any atom is -0.390 e. The second-order valence-corrected chi connectivity index (χ2v) is 9.78. The number of nitrogens with zero attached hydrogens (tertiary/aromatic N) is 4. The Morgan fingerprint density at radius 1 is 1.24 bits per heavy atom. The Hall–Kier alpha value is -2.44. The maximum Gasteiger partial charge on any atom is 0.224 e. The molecule has 33 heavy (non-hydrogen) atoms. The quantitative estimate of drug-likeness (QED) is 0.231. The molecule has 2 aliphatic rings. The Labute approximate surface area is 195 Å². The molecule has 176 valence electrons. The average molecular weight is 473 g/mol. The number of hydrogen-bond acceptors (Lipinski definition) is 11. The number of hydrogen-bond donors (Lipinski definition) is 5. The van der Waals surface area contributed by atoms with Crippen LogP contribution in [0.1, 0.15) is 31.4 Å². The third-order valence-corrected chi connectivity index (χ3v) is 7.70. The molecule has 2 aliphatic carbocycles. The normalized spacial score (nSPS) is 28.2. The second-order valence-electron chi connectivity index (χ2n) is 8.75. The van der Waals surface area contributed by atoms with E-state index in [1.807, 2.05) is 13.0 Å². The van der Waals surface area contributed by atoms with Crippen molar-refractivity contribution in [2.75, 3.05) is 30.9 Å². The summed E-state index contributed by atoms with van der Waals surface area (Å²) in [4.78, 5) is 18.1. The first-order chi connectivity index (χ1) is 15.9. The van der Waals surface area contributed by atoms with Gasteiger partial charge in [-0.25, -0.2) is 9.97 Å². The highest BCUT2D eigenvalue weighted by atomic mass is 32.1. The van der Waals surface area contributed by atoms with E-state index in [2.05, 4.69) is 25.6 Å². The molecule has 3 aromatic heterocycles. The van der Waals surface area contributed by atoms with E-state index in [9.17, 15) is 15.3 Å². The highest BCUT2D eigenvalue weighted by Crippen LogP contribution is 2.61. The van der Waals surface area contributed by atoms with Crippen molar-refractivity contribution in [2.24, 2.45) is 5.92 Å². The second kappa shape index (κ2) is 8.41. The number of aromatic nitrogens is 4. The number of fused-ring (bicyclic) bond motifs is 2. The van der Waals surface area contributed by atoms with Gasteiger partial charge in [-0.3, -0.25) is 4.98 Å². The Kier molecular flexibility index (Phi) is 5.69. The largest absolute Gasteiger partial charge is 0.390 e. The predicted molar refractivity (Wildman–Crippen MR) is 125 cm³/mol. The maximum absolute atomic E-state index is 11.3. The van der Waals surface area contributed by atoms with Crippen LogP contribution in [0.3, 0.4) is 0 Å². The van der Waals surface area contributed by atoms with E-state index in [0.29, 0.717) is 54.0 Å². The van der Waals surface area contributed by atoms with Crippen LogP contribution in [-0.4, -0.2) is 72.9 Å². The summed E-state index contributed by atoms with van der Waals surface area (Å²) in [7, 11) is 1.68. The Morgan fingerprint density at radius 3 is 2.82 bits per heavy atom. The molecule has 11 heteroatoms. The zero-order valence-corrected chi connectivity index (χ0v) is 19.4. The molecule has 0 amide bonds. The molecule has 5 rings (SSSR count). The van der Waals surface area contributed by atoms with Gasteiger partial charge < -0.3 is 30.7 Å². The van der Waals surface area contributed by atoms with Crippen molar-refractivity contribution < 1.29 is 20.1 Å². The van der Waals surface area contributed by atoms with Crippen molar-refractivity contribution >= 4 is 33.3 Å². The van der Waals surface area contributed by atoms with Gasteiger partial charge in [0.2, 0.25) is 5.95 Å². The number of anilines is 2. The van der Waals surface area contributed by atoms with Crippen LogP contribution in [0.2, 0.25) is 0 Å². The summed E-state index contributed by atoms with van der Waals surface area (Å²) < 4.78 is 6.06. The minimum absolute atomic E-state index is 0.303. The lowest BCUT2D eigenvalue weighted by Gasteiger charge is -2.32. The molecule has 3 aromatic rings. The van der Waals surface area contributed by atoms with Crippen LogP contribution in [-0.2, 0) is 4.74 Å². The molecule has 3 heterocycles. The summed E-state index contributed by atoms with van der Waals surface area (Å²) in [5.74, 6) is 0.443. The minimum atomic E-state index is -1.69. The number of aliphatic hydroxyl groups is 3. The van der Waals surface area contributed by atoms with Gasteiger partial charge in [0.05, 0.1) is 28.3 Å². The van der Waals surface area contributed by atoms with E-state index < -0.39 is 17.4 Å². The fourth-order valence-corrected chi connectivity index (χ4v) is 5.76. The lowest BCUT2D eigenvalue weighted by atomic mass is 10.0. The topological polar surface area (TPSA) is 146 Å². The van der Waals surface area contributed by atoms with Crippen molar-refractivity contribution in [2.45, 2.75) is 50.0 Å². The molecule has 2 saturated carbocycles. The molecule has 0 bridgehead atoms. The van der Waals surface area contributed by atoms with Crippen LogP contribution in [0.25, 0.3) is 20.8 Å². The van der Waals surface area contributed by atoms with Crippen molar-refractivity contribution in [3.05, 3.63) is 24.2 Å². The van der Waals surface area contributed by atoms with Crippen molar-refractivity contribution in [1.29, 1.82) is 0 Å². The number of rotatable bonds is 9. The Morgan fingerprint density at radius 2 is 2.09 bits per heavy atom. The fraction of sp³-hybridized carbons (Fsp3) is 0.545. The van der Waals surface area contributed by atoms with Crippen molar-refractivity contribution in [1.82, 2.24) is 19.9 Å². The number of nitrogens with one attached hydrogen (secondary N) is 2. The van der Waals surface area contributed by atoms with Gasteiger partial charge in [0.25, 0.3) is 0 Å². The van der Waals surface area contributed by atoms with E-state index in [-0.39, 0.29) is 5.92 Å². The van der Waals surface area contributed by atoms with E-state index in [0.717, 1.165) is 23.1 Å². The van der Waals surface area contributed by atoms with Crippen LogP contribution >= 0.6 is 11.3 Å². The van der Waals surface area contributed by atoms with Crippen molar-refractivity contribution in [3.63, 3.8) is 0 Å². The molecule has 2 fully saturated rings. The predicted octanol–water partition coefficient (Wildman–Crippen LogP) is 1.91. The maximum atomic E-state index is 11.3. The molecular formula is C22H28N6O4S. The first kappa shape index (κ1) is 22.4. The third-order valence-electron chi connectivity index (χ3n) is 6.65. The van der Waals surface area contributed by atoms with Gasteiger partial charge in [-0.15, -0.1) is 11.3 Å². The average Bonchev–Trinajstić information content (AvgIpc) is 3.06. The summed E-state index contributed by atoms with van der Waals surface area (Å²) in [6, 6.07) is 1.90. The first-order valence-corrected chi connectivity index (χ1v) is 11.9. The molecule has 4 unspecified atom stereocenters. The van der Waals surface area contributed by atoms with Gasteiger partial charge in [0.1, 0.15) is 21.9 Å². The smallest absolute Gasteiger partial charge is 0.224 e. The van der Waals surface area contributed by atoms with Gasteiger partial charge in [0.15, 0.2) is 5.72 Å². The zero-order valence-electron chi connectivity index (χ0n) is 18.6. The Balaban J connectivity index is 1.50. The molecule has 10 nitrogen and oxygen atoms in total. The van der Waals surface area contributed by atoms with E-state index in [1.165, 1.54) is 11.3 Å². The molecule has 0 spiro atoms. The van der Waals surface area contributed by atoms with Crippen LogP contribution in [0.15, 0.2) is 18.5 Å². The number of unbranched alkanes of at least 4 members (excludes halogenated alkanes) is 1. The lowest BCUT2D eigenvalue weighted by molar-refractivity contribution is -0.0851. The van der Waals surface area contributed by atoms with Crippen LogP contribution in [0.5, 0.6) is 0 Å². The molecule has 0 radical (unpaired) electrons. The number of thiazole rings is 1. The summed E-state index contributed by atoms with van der Waals surface area (Å²) in [6.45, 7) is 3.23. The third kappa shape index (κ3) is 3.73. The summed E-state index contributed by atoms with van der Waals surface area (Å²) >= 11 is 1.48. The highest BCUT2D eigenvalue weighted by Gasteiger charge is 2.78. The number of ether oxygens (including phenoxy) is 1. The SMILES string of the molecule is COCCCCNc1nc(C)c(-c2nc3cnccc3s2)c(NC2(O)CCC3C(O)C32O)n1. The van der Waals surface area contributed by atoms with Crippen LogP contribution < -0.4 is 10.6 Å². The summed E-state index contributed by atoms with van der Waals surface area (Å²) in [5.41, 5.74) is -1.19. The van der Waals surface area contributed by atoms with Gasteiger partial charge in [-0.1, -0.05) is 0 Å². The molecule has 0 saturated heterocycles. The fourth-order valence-electron chi connectivity index (χ4n) is 4.73. The van der Waals surface area contributed by atoms with Gasteiger partial charge >= 0.3 is 0 Å². The van der Waals surface area contributed by atoms with Gasteiger partial charge in [0, 0.05) is 32.4 Å². The van der Waals surface area contributed by atoms with Gasteiger partial charge in [-0.05, 0) is 38.7 Å². The molecule has 4 atom stereocenters. The van der Waals surface area contributed by atoms with Gasteiger partial charge in [-0.2, -0.15) is 4.98 Å². The number of pyridine rings is 1. The first-order valence-electron chi connectivity index (χ1n) is 11.1. The molecular weight excluding hydrogens is 444 g/mol. The molecule has 0 aromatic carbocycles. The van der Waals surface area contributed by atoms with Crippen LogP contribution in [0, 0.1) is 12.8 Å². The van der Waals surface area contributed by atoms with Crippen LogP contribution in [0.4, 0.5) is 11.8 Å². The number of methoxy groups -OCH3 is 1. The highest BCUT2D eigenvalue weighted by molar-refractivity contribution is 7.21. The summed E-state index contributed by atoms with van der Waals surface area (Å²) in [5, 5.41) is 39.4. The standard InChI is InChI=1S/C22H28N6O4S/c1-12-16(19-26-14-11-23-9-6-15(14)33-19)18(27-20(25-12)24-8-3-4-10-32-2)28-21(30)7-5-13-17(29)22(13,21)31/h6,9,11,13,17,29-31H,3-5,7-8,10H2,1-2H3,(H2,24,25,27,28). The van der Waals surface area contributed by atoms with E-state index in [4.69, 9.17) is 9.72 Å². The monoisotopic (exact) mass is 472 g/mol. The van der Waals surface area contributed by atoms with E-state index in [1.54, 1.807) is 19.5 Å². The molecule has 5 N–H and O–H groups in total. The Bertz CT molecular complexity index is 1140. The zero-order chi connectivity index (χ0) is 23.2.